The van der Waals surface area contributed by atoms with E-state index >= 15 is 0 Å². The number of Topliss-reactive ketones (excluding diaryl/α,β-unsaturated/α-hetero) is 1. The molecule has 41 heavy (non-hydrogen) atoms. The minimum Gasteiger partial charge on any atom is -0.370 e. The number of nitrogens with two attached hydrogens (primary N) is 1. The predicted octanol–water partition coefficient (Wildman–Crippen LogP) is 1.84. The number of piperidine rings is 1. The zero-order valence-electron chi connectivity index (χ0n) is 22.8. The molecule has 0 aliphatic carbocycles. The summed E-state index contributed by atoms with van der Waals surface area (Å²) in [6, 6.07) is 15.2. The zero-order chi connectivity index (χ0) is 29.5. The summed E-state index contributed by atoms with van der Waals surface area (Å²) in [6.07, 6.45) is 1.33. The molecule has 0 aromatic heterocycles. The summed E-state index contributed by atoms with van der Waals surface area (Å²) < 4.78 is 29.8. The summed E-state index contributed by atoms with van der Waals surface area (Å²) in [5.74, 6) is -2.19. The van der Waals surface area contributed by atoms with Gasteiger partial charge in [0, 0.05) is 26.2 Å². The number of nitrogens with zero attached hydrogens (tertiary/aromatic N) is 3. The number of likely N-dealkylation sites (tertiary alicyclic amines) is 1. The van der Waals surface area contributed by atoms with Gasteiger partial charge in [-0.15, -0.1) is 0 Å². The molecule has 2 amide bonds. The van der Waals surface area contributed by atoms with Gasteiger partial charge in [0.05, 0.1) is 22.7 Å². The van der Waals surface area contributed by atoms with Crippen LogP contribution >= 0.6 is 0 Å². The third kappa shape index (κ3) is 5.52. The Labute approximate surface area is 238 Å². The van der Waals surface area contributed by atoms with Gasteiger partial charge in [0.25, 0.3) is 11.7 Å². The molecule has 1 fully saturated rings. The number of sulfonamides is 1. The van der Waals surface area contributed by atoms with Gasteiger partial charge in [0.1, 0.15) is 6.04 Å². The molecule has 3 aromatic carbocycles. The molecule has 214 valence electrons. The van der Waals surface area contributed by atoms with Crippen LogP contribution in [0.4, 0.5) is 5.69 Å². The maximum absolute atomic E-state index is 14.0. The van der Waals surface area contributed by atoms with Crippen molar-refractivity contribution in [3.05, 3.63) is 71.8 Å². The van der Waals surface area contributed by atoms with Crippen molar-refractivity contribution in [1.29, 1.82) is 5.41 Å². The number of hydrogen-bond acceptors (Lipinski definition) is 6. The van der Waals surface area contributed by atoms with Gasteiger partial charge >= 0.3 is 0 Å². The van der Waals surface area contributed by atoms with Gasteiger partial charge in [-0.25, -0.2) is 8.42 Å². The Bertz CT molecular complexity index is 1670. The van der Waals surface area contributed by atoms with E-state index < -0.39 is 33.7 Å². The van der Waals surface area contributed by atoms with E-state index in [-0.39, 0.29) is 29.0 Å². The number of ketones is 1. The van der Waals surface area contributed by atoms with Crippen LogP contribution in [0.15, 0.2) is 65.6 Å². The van der Waals surface area contributed by atoms with Crippen LogP contribution in [0.1, 0.15) is 28.8 Å². The Hall–Kier alpha value is -4.29. The molecule has 1 unspecified atom stereocenters. The Morgan fingerprint density at radius 3 is 2.59 bits per heavy atom. The molecule has 4 N–H and O–H groups in total. The van der Waals surface area contributed by atoms with Gasteiger partial charge in [-0.2, -0.15) is 4.72 Å². The topological polar surface area (TPSA) is 157 Å². The largest absolute Gasteiger partial charge is 0.370 e. The van der Waals surface area contributed by atoms with E-state index in [9.17, 15) is 22.8 Å². The van der Waals surface area contributed by atoms with Crippen LogP contribution in [0.25, 0.3) is 10.8 Å². The van der Waals surface area contributed by atoms with Crippen LogP contribution in [0, 0.1) is 12.3 Å². The van der Waals surface area contributed by atoms with Gasteiger partial charge in [-0.3, -0.25) is 19.8 Å². The van der Waals surface area contributed by atoms with Gasteiger partial charge in [0.15, 0.2) is 5.96 Å². The average molecular weight is 577 g/mol. The van der Waals surface area contributed by atoms with Crippen LogP contribution in [-0.2, 0) is 19.6 Å². The summed E-state index contributed by atoms with van der Waals surface area (Å²) in [6.45, 7) is 2.34. The first kappa shape index (κ1) is 28.2. The zero-order valence-corrected chi connectivity index (χ0v) is 23.6. The van der Waals surface area contributed by atoms with Gasteiger partial charge in [0.2, 0.25) is 15.9 Å². The quantitative estimate of drug-likeness (QED) is 0.220. The Morgan fingerprint density at radius 1 is 1.12 bits per heavy atom. The Morgan fingerprint density at radius 2 is 1.85 bits per heavy atom. The van der Waals surface area contributed by atoms with Crippen molar-refractivity contribution in [2.45, 2.75) is 36.7 Å². The normalized spacial score (nSPS) is 18.0. The van der Waals surface area contributed by atoms with Crippen LogP contribution in [0.5, 0.6) is 0 Å². The molecule has 0 saturated carbocycles. The summed E-state index contributed by atoms with van der Waals surface area (Å²) in [7, 11) is -2.65. The highest BCUT2D eigenvalue weighted by molar-refractivity contribution is 7.89. The molecule has 0 spiro atoms. The summed E-state index contributed by atoms with van der Waals surface area (Å²) in [5, 5.41) is 9.36. The fourth-order valence-corrected chi connectivity index (χ4v) is 6.66. The molecule has 1 saturated heterocycles. The third-order valence-electron chi connectivity index (χ3n) is 7.75. The fourth-order valence-electron chi connectivity index (χ4n) is 5.45. The number of aryl methyl sites for hydroxylation is 1. The van der Waals surface area contributed by atoms with Crippen molar-refractivity contribution in [2.24, 2.45) is 5.73 Å². The van der Waals surface area contributed by atoms with Crippen LogP contribution in [0.2, 0.25) is 0 Å². The first-order valence-electron chi connectivity index (χ1n) is 13.3. The highest BCUT2D eigenvalue weighted by Crippen LogP contribution is 2.30. The van der Waals surface area contributed by atoms with Crippen molar-refractivity contribution >= 4 is 50.0 Å². The molecule has 11 nitrogen and oxygen atoms in total. The first-order chi connectivity index (χ1) is 19.5. The molecule has 12 heteroatoms. The molecule has 0 radical (unpaired) electrons. The van der Waals surface area contributed by atoms with Gasteiger partial charge in [-0.1, -0.05) is 42.0 Å². The standard InChI is InChI=1S/C29H32N6O5S/c1-18-9-12-25-23(14-18)26(36)28(38)35(25)17-24(27(37)33(2)21-8-5-13-34(16-21)29(30)31)32-41(39,40)22-11-10-19-6-3-4-7-20(19)15-22/h3-4,6-7,9-12,14-15,21,24,32H,5,8,13,16-17H2,1-2H3,(H3,30,31)/t21?,24-/m0/s1. The minimum absolute atomic E-state index is 0.0306. The number of rotatable bonds is 7. The Balaban J connectivity index is 1.48. The number of hydrogen-bond donors (Lipinski definition) is 3. The van der Waals surface area contributed by atoms with E-state index in [4.69, 9.17) is 11.1 Å². The summed E-state index contributed by atoms with van der Waals surface area (Å²) >= 11 is 0. The molecule has 2 heterocycles. The number of nitrogens with one attached hydrogen (secondary N) is 2. The fraction of sp³-hybridized carbons (Fsp3) is 0.310. The SMILES string of the molecule is Cc1ccc2c(c1)C(=O)C(=O)N2C[C@H](NS(=O)(=O)c1ccc2ccccc2c1)C(=O)N(C)C1CCCN(C(=N)N)C1. The molecular formula is C29H32N6O5S. The number of anilines is 1. The van der Waals surface area contributed by atoms with E-state index in [1.165, 1.54) is 21.9 Å². The third-order valence-corrected chi connectivity index (χ3v) is 9.22. The molecule has 2 atom stereocenters. The molecule has 3 aromatic rings. The van der Waals surface area contributed by atoms with Crippen LogP contribution in [-0.4, -0.2) is 80.5 Å². The second-order valence-electron chi connectivity index (χ2n) is 10.5. The number of likely N-dealkylation sites (N-methyl/N-ethyl adjacent to an activating group) is 1. The van der Waals surface area contributed by atoms with Gasteiger partial charge in [-0.05, 0) is 54.8 Å². The van der Waals surface area contributed by atoms with E-state index in [1.807, 2.05) is 12.1 Å². The van der Waals surface area contributed by atoms with E-state index in [2.05, 4.69) is 4.72 Å². The number of benzene rings is 3. The van der Waals surface area contributed by atoms with E-state index in [0.717, 1.165) is 10.9 Å². The highest BCUT2D eigenvalue weighted by atomic mass is 32.2. The lowest BCUT2D eigenvalue weighted by Gasteiger charge is -2.39. The number of carbonyl (C=O) groups excluding carboxylic acids is 3. The Kier molecular flexibility index (Phi) is 7.54. The lowest BCUT2D eigenvalue weighted by Crippen LogP contribution is -2.58. The number of fused-ring (bicyclic) bond motifs is 2. The molecule has 2 aliphatic rings. The van der Waals surface area contributed by atoms with Crippen LogP contribution < -0.4 is 15.4 Å². The summed E-state index contributed by atoms with van der Waals surface area (Å²) in [4.78, 5) is 44.0. The van der Waals surface area contributed by atoms with Gasteiger partial charge < -0.3 is 20.4 Å². The van der Waals surface area contributed by atoms with Crippen molar-refractivity contribution in [2.75, 3.05) is 31.6 Å². The smallest absolute Gasteiger partial charge is 0.299 e. The predicted molar refractivity (Wildman–Crippen MR) is 155 cm³/mol. The highest BCUT2D eigenvalue weighted by Gasteiger charge is 2.41. The molecule has 5 rings (SSSR count). The second kappa shape index (κ2) is 10.9. The molecule has 0 bridgehead atoms. The maximum Gasteiger partial charge on any atom is 0.299 e. The summed E-state index contributed by atoms with van der Waals surface area (Å²) in [5.41, 5.74) is 7.03. The van der Waals surface area contributed by atoms with E-state index in [1.54, 1.807) is 55.3 Å². The van der Waals surface area contributed by atoms with Crippen LogP contribution in [0.3, 0.4) is 0 Å². The number of guanidine groups is 1. The van der Waals surface area contributed by atoms with Crippen molar-refractivity contribution in [3.8, 4) is 0 Å². The maximum atomic E-state index is 14.0. The molecule has 2 aliphatic heterocycles. The number of amides is 2. The minimum atomic E-state index is -4.23. The monoisotopic (exact) mass is 576 g/mol. The second-order valence-corrected chi connectivity index (χ2v) is 12.2. The van der Waals surface area contributed by atoms with Crippen molar-refractivity contribution in [1.82, 2.24) is 14.5 Å². The van der Waals surface area contributed by atoms with E-state index in [0.29, 0.717) is 37.0 Å². The number of carbonyl (C=O) groups is 3. The lowest BCUT2D eigenvalue weighted by molar-refractivity contribution is -0.134. The first-order valence-corrected chi connectivity index (χ1v) is 14.8. The molecular weight excluding hydrogens is 544 g/mol. The lowest BCUT2D eigenvalue weighted by atomic mass is 10.0. The van der Waals surface area contributed by atoms with Crippen molar-refractivity contribution in [3.63, 3.8) is 0 Å². The van der Waals surface area contributed by atoms with Crippen molar-refractivity contribution < 1.29 is 22.8 Å². The average Bonchev–Trinajstić information content (AvgIpc) is 3.19.